The van der Waals surface area contributed by atoms with Crippen LogP contribution in [0.4, 0.5) is 0 Å². The Balaban J connectivity index is 2.36. The lowest BCUT2D eigenvalue weighted by atomic mass is 9.88. The zero-order valence-corrected chi connectivity index (χ0v) is 15.4. The van der Waals surface area contributed by atoms with Crippen molar-refractivity contribution in [1.29, 1.82) is 0 Å². The van der Waals surface area contributed by atoms with Gasteiger partial charge in [0, 0.05) is 15.4 Å². The van der Waals surface area contributed by atoms with Gasteiger partial charge in [-0.2, -0.15) is 0 Å². The van der Waals surface area contributed by atoms with E-state index in [0.29, 0.717) is 22.0 Å². The number of aromatic nitrogens is 1. The van der Waals surface area contributed by atoms with Crippen LogP contribution >= 0.6 is 23.2 Å². The van der Waals surface area contributed by atoms with Gasteiger partial charge in [-0.3, -0.25) is 0 Å². The molecule has 25 heavy (non-hydrogen) atoms. The molecule has 0 fully saturated rings. The van der Waals surface area contributed by atoms with E-state index >= 15 is 0 Å². The van der Waals surface area contributed by atoms with Crippen LogP contribution in [0.2, 0.25) is 10.0 Å². The number of hydrogen-bond donors (Lipinski definition) is 1. The first-order chi connectivity index (χ1) is 11.9. The molecule has 0 saturated carbocycles. The van der Waals surface area contributed by atoms with Crippen molar-refractivity contribution in [1.82, 2.24) is 4.98 Å². The molecule has 3 rings (SSSR count). The van der Waals surface area contributed by atoms with Crippen LogP contribution in [0.15, 0.2) is 42.5 Å². The van der Waals surface area contributed by atoms with Crippen LogP contribution in [-0.4, -0.2) is 16.1 Å². The Kier molecular flexibility index (Phi) is 4.98. The highest BCUT2D eigenvalue weighted by molar-refractivity contribution is 6.31. The molecule has 128 valence electrons. The van der Waals surface area contributed by atoms with E-state index in [4.69, 9.17) is 23.2 Å². The maximum atomic E-state index is 11.8. The molecule has 5 heteroatoms. The minimum absolute atomic E-state index is 0.000491. The molecule has 0 aliphatic rings. The number of carboxylic acids is 1. The zero-order chi connectivity index (χ0) is 18.1. The highest BCUT2D eigenvalue weighted by atomic mass is 35.5. The topological polar surface area (TPSA) is 50.2 Å². The Hall–Kier alpha value is -2.10. The maximum absolute atomic E-state index is 11.8. The van der Waals surface area contributed by atoms with Gasteiger partial charge in [-0.15, -0.1) is 0 Å². The molecular weight excluding hydrogens is 357 g/mol. The van der Waals surface area contributed by atoms with E-state index in [-0.39, 0.29) is 11.6 Å². The van der Waals surface area contributed by atoms with Gasteiger partial charge in [0.1, 0.15) is 0 Å². The average molecular weight is 374 g/mol. The second kappa shape index (κ2) is 7.03. The van der Waals surface area contributed by atoms with Gasteiger partial charge in [-0.1, -0.05) is 55.2 Å². The van der Waals surface area contributed by atoms with Crippen molar-refractivity contribution in [2.45, 2.75) is 26.2 Å². The molecule has 0 unspecified atom stereocenters. The summed E-state index contributed by atoms with van der Waals surface area (Å²) in [4.78, 5) is 16.2. The molecule has 0 atom stereocenters. The first-order valence-electron chi connectivity index (χ1n) is 7.97. The predicted octanol–water partition coefficient (Wildman–Crippen LogP) is 5.95. The SMILES string of the molecule is CC(C)c1c(C(=O)O)nc2ccc(Cl)cc2c1Cc1ccccc1Cl. The molecule has 2 aromatic carbocycles. The van der Waals surface area contributed by atoms with E-state index in [2.05, 4.69) is 4.98 Å². The minimum Gasteiger partial charge on any atom is -0.477 e. The van der Waals surface area contributed by atoms with Gasteiger partial charge < -0.3 is 5.11 Å². The number of pyridine rings is 1. The lowest BCUT2D eigenvalue weighted by Crippen LogP contribution is -2.12. The lowest BCUT2D eigenvalue weighted by Gasteiger charge is -2.19. The van der Waals surface area contributed by atoms with Crippen molar-refractivity contribution in [2.24, 2.45) is 0 Å². The van der Waals surface area contributed by atoms with Crippen molar-refractivity contribution >= 4 is 40.1 Å². The van der Waals surface area contributed by atoms with Crippen LogP contribution in [0.25, 0.3) is 10.9 Å². The molecule has 3 aromatic rings. The molecule has 0 amide bonds. The number of halogens is 2. The van der Waals surface area contributed by atoms with Crippen molar-refractivity contribution in [3.63, 3.8) is 0 Å². The number of carboxylic acid groups (broad SMARTS) is 1. The molecular formula is C20H17Cl2NO2. The Morgan fingerprint density at radius 3 is 2.52 bits per heavy atom. The smallest absolute Gasteiger partial charge is 0.354 e. The summed E-state index contributed by atoms with van der Waals surface area (Å²) in [5.41, 5.74) is 3.28. The Morgan fingerprint density at radius 2 is 1.88 bits per heavy atom. The second-order valence-electron chi connectivity index (χ2n) is 6.24. The third-order valence-corrected chi connectivity index (χ3v) is 4.81. The summed E-state index contributed by atoms with van der Waals surface area (Å²) in [6, 6.07) is 12.9. The summed E-state index contributed by atoms with van der Waals surface area (Å²) in [6.07, 6.45) is 0.521. The normalized spacial score (nSPS) is 11.2. The molecule has 1 heterocycles. The maximum Gasteiger partial charge on any atom is 0.354 e. The van der Waals surface area contributed by atoms with E-state index in [0.717, 1.165) is 22.1 Å². The summed E-state index contributed by atoms with van der Waals surface area (Å²) in [7, 11) is 0. The second-order valence-corrected chi connectivity index (χ2v) is 7.09. The standard InChI is InChI=1S/C20H17Cl2NO2/c1-11(2)18-15(9-12-5-3-4-6-16(12)22)14-10-13(21)7-8-17(14)23-19(18)20(24)25/h3-8,10-11H,9H2,1-2H3,(H,24,25). The number of rotatable bonds is 4. The van der Waals surface area contributed by atoms with Gasteiger partial charge in [-0.25, -0.2) is 9.78 Å². The summed E-state index contributed by atoms with van der Waals surface area (Å²) < 4.78 is 0. The minimum atomic E-state index is -1.03. The number of fused-ring (bicyclic) bond motifs is 1. The van der Waals surface area contributed by atoms with Crippen LogP contribution < -0.4 is 0 Å². The molecule has 0 aliphatic carbocycles. The van der Waals surface area contributed by atoms with Gasteiger partial charge in [0.05, 0.1) is 5.52 Å². The van der Waals surface area contributed by atoms with E-state index in [1.54, 1.807) is 12.1 Å². The average Bonchev–Trinajstić information content (AvgIpc) is 2.56. The highest BCUT2D eigenvalue weighted by Crippen LogP contribution is 2.33. The van der Waals surface area contributed by atoms with E-state index < -0.39 is 5.97 Å². The van der Waals surface area contributed by atoms with Gasteiger partial charge in [0.15, 0.2) is 5.69 Å². The molecule has 0 spiro atoms. The fourth-order valence-corrected chi connectivity index (χ4v) is 3.50. The Labute approximate surface area is 156 Å². The Bertz CT molecular complexity index is 967. The van der Waals surface area contributed by atoms with Crippen LogP contribution in [0.5, 0.6) is 0 Å². The van der Waals surface area contributed by atoms with E-state index in [1.807, 2.05) is 44.2 Å². The van der Waals surface area contributed by atoms with Gasteiger partial charge in [0.2, 0.25) is 0 Å². The monoisotopic (exact) mass is 373 g/mol. The number of hydrogen-bond acceptors (Lipinski definition) is 2. The summed E-state index contributed by atoms with van der Waals surface area (Å²) in [6.45, 7) is 3.94. The zero-order valence-electron chi connectivity index (χ0n) is 13.9. The van der Waals surface area contributed by atoms with E-state index in [1.165, 1.54) is 0 Å². The summed E-state index contributed by atoms with van der Waals surface area (Å²) >= 11 is 12.5. The first-order valence-corrected chi connectivity index (χ1v) is 8.72. The quantitative estimate of drug-likeness (QED) is 0.614. The Morgan fingerprint density at radius 1 is 1.16 bits per heavy atom. The van der Waals surface area contributed by atoms with Gasteiger partial charge in [-0.05, 0) is 53.3 Å². The van der Waals surface area contributed by atoms with Crippen molar-refractivity contribution in [2.75, 3.05) is 0 Å². The predicted molar refractivity (Wildman–Crippen MR) is 102 cm³/mol. The molecule has 0 aliphatic heterocycles. The number of benzene rings is 2. The third-order valence-electron chi connectivity index (χ3n) is 4.20. The number of carbonyl (C=O) groups is 1. The summed E-state index contributed by atoms with van der Waals surface area (Å²) in [5, 5.41) is 11.8. The highest BCUT2D eigenvalue weighted by Gasteiger charge is 2.22. The fourth-order valence-electron chi connectivity index (χ4n) is 3.12. The first kappa shape index (κ1) is 17.7. The molecule has 0 radical (unpaired) electrons. The van der Waals surface area contributed by atoms with Crippen molar-refractivity contribution < 1.29 is 9.90 Å². The molecule has 0 saturated heterocycles. The molecule has 0 bridgehead atoms. The molecule has 3 nitrogen and oxygen atoms in total. The molecule has 1 N–H and O–H groups in total. The lowest BCUT2D eigenvalue weighted by molar-refractivity contribution is 0.0689. The van der Waals surface area contributed by atoms with Crippen LogP contribution in [-0.2, 0) is 6.42 Å². The van der Waals surface area contributed by atoms with Crippen molar-refractivity contribution in [3.8, 4) is 0 Å². The molecule has 1 aromatic heterocycles. The number of aromatic carboxylic acids is 1. The fraction of sp³-hybridized carbons (Fsp3) is 0.200. The van der Waals surface area contributed by atoms with Gasteiger partial charge in [0.25, 0.3) is 0 Å². The van der Waals surface area contributed by atoms with E-state index in [9.17, 15) is 9.90 Å². The van der Waals surface area contributed by atoms with Crippen LogP contribution in [0, 0.1) is 0 Å². The van der Waals surface area contributed by atoms with Gasteiger partial charge >= 0.3 is 5.97 Å². The largest absolute Gasteiger partial charge is 0.477 e. The van der Waals surface area contributed by atoms with Crippen LogP contribution in [0.1, 0.15) is 46.9 Å². The van der Waals surface area contributed by atoms with Crippen molar-refractivity contribution in [3.05, 3.63) is 74.9 Å². The van der Waals surface area contributed by atoms with Crippen LogP contribution in [0.3, 0.4) is 0 Å². The third kappa shape index (κ3) is 3.48. The summed E-state index contributed by atoms with van der Waals surface area (Å²) in [5.74, 6) is -1.03. The number of nitrogens with zero attached hydrogens (tertiary/aromatic N) is 1.